The van der Waals surface area contributed by atoms with Crippen molar-refractivity contribution in [2.45, 2.75) is 78.8 Å². The van der Waals surface area contributed by atoms with E-state index in [0.29, 0.717) is 12.1 Å². The summed E-state index contributed by atoms with van der Waals surface area (Å²) < 4.78 is 0. The Hall–Kier alpha value is -0.160. The van der Waals surface area contributed by atoms with Crippen LogP contribution in [-0.2, 0) is 0 Å². The number of nitrogens with zero attached hydrogens (tertiary/aromatic N) is 1. The van der Waals surface area contributed by atoms with Crippen LogP contribution in [0.1, 0.15) is 66.7 Å². The molecule has 0 rings (SSSR count). The number of rotatable bonds is 15. The SMILES string of the molecule is CC(C)NCCCCCCN(C)CCC(C)NCC(C)(C)CN. The van der Waals surface area contributed by atoms with E-state index in [2.05, 4.69) is 57.2 Å². The second-order valence-electron chi connectivity index (χ2n) is 8.27. The molecule has 0 aliphatic rings. The van der Waals surface area contributed by atoms with Crippen molar-refractivity contribution in [2.24, 2.45) is 11.1 Å². The van der Waals surface area contributed by atoms with Crippen molar-refractivity contribution in [3.63, 3.8) is 0 Å². The summed E-state index contributed by atoms with van der Waals surface area (Å²) in [6, 6.07) is 1.18. The molecular weight excluding hydrogens is 284 g/mol. The van der Waals surface area contributed by atoms with E-state index < -0.39 is 0 Å². The first-order valence-electron chi connectivity index (χ1n) is 9.62. The average molecular weight is 329 g/mol. The van der Waals surface area contributed by atoms with Crippen LogP contribution >= 0.6 is 0 Å². The first-order valence-corrected chi connectivity index (χ1v) is 9.62. The van der Waals surface area contributed by atoms with Gasteiger partial charge in [0.05, 0.1) is 0 Å². The third kappa shape index (κ3) is 15.1. The van der Waals surface area contributed by atoms with Crippen LogP contribution in [0, 0.1) is 5.41 Å². The zero-order valence-corrected chi connectivity index (χ0v) is 16.8. The molecule has 0 radical (unpaired) electrons. The van der Waals surface area contributed by atoms with E-state index >= 15 is 0 Å². The summed E-state index contributed by atoms with van der Waals surface area (Å²) in [4.78, 5) is 2.47. The van der Waals surface area contributed by atoms with E-state index in [0.717, 1.165) is 19.6 Å². The van der Waals surface area contributed by atoms with Crippen LogP contribution in [0.15, 0.2) is 0 Å². The fourth-order valence-electron chi connectivity index (χ4n) is 2.40. The predicted molar refractivity (Wildman–Crippen MR) is 104 cm³/mol. The molecule has 0 aliphatic carbocycles. The Morgan fingerprint density at radius 1 is 0.957 bits per heavy atom. The molecule has 1 atom stereocenters. The fourth-order valence-corrected chi connectivity index (χ4v) is 2.40. The first kappa shape index (κ1) is 22.8. The van der Waals surface area contributed by atoms with Gasteiger partial charge in [-0.25, -0.2) is 0 Å². The largest absolute Gasteiger partial charge is 0.330 e. The van der Waals surface area contributed by atoms with Crippen molar-refractivity contribution in [3.05, 3.63) is 0 Å². The molecule has 0 bridgehead atoms. The highest BCUT2D eigenvalue weighted by Gasteiger charge is 2.16. The number of hydrogen-bond donors (Lipinski definition) is 3. The van der Waals surface area contributed by atoms with E-state index in [1.165, 1.54) is 45.2 Å². The second-order valence-corrected chi connectivity index (χ2v) is 8.27. The minimum Gasteiger partial charge on any atom is -0.330 e. The molecule has 140 valence electrons. The minimum absolute atomic E-state index is 0.199. The van der Waals surface area contributed by atoms with Crippen LogP contribution in [-0.4, -0.2) is 56.8 Å². The lowest BCUT2D eigenvalue weighted by atomic mass is 9.93. The van der Waals surface area contributed by atoms with Crippen molar-refractivity contribution in [2.75, 3.05) is 39.8 Å². The lowest BCUT2D eigenvalue weighted by Crippen LogP contribution is -2.40. The second kappa shape index (κ2) is 13.2. The Balaban J connectivity index is 3.50. The molecule has 0 spiro atoms. The smallest absolute Gasteiger partial charge is 0.00511 e. The third-order valence-corrected chi connectivity index (χ3v) is 4.44. The van der Waals surface area contributed by atoms with E-state index in [9.17, 15) is 0 Å². The summed E-state index contributed by atoms with van der Waals surface area (Å²) in [5.41, 5.74) is 5.97. The maximum Gasteiger partial charge on any atom is 0.00511 e. The van der Waals surface area contributed by atoms with Gasteiger partial charge >= 0.3 is 0 Å². The topological polar surface area (TPSA) is 53.3 Å². The van der Waals surface area contributed by atoms with Gasteiger partial charge in [-0.15, -0.1) is 0 Å². The van der Waals surface area contributed by atoms with Gasteiger partial charge in [-0.1, -0.05) is 40.5 Å². The first-order chi connectivity index (χ1) is 10.8. The highest BCUT2D eigenvalue weighted by atomic mass is 15.1. The summed E-state index contributed by atoms with van der Waals surface area (Å²) in [5.74, 6) is 0. The molecule has 23 heavy (non-hydrogen) atoms. The predicted octanol–water partition coefficient (Wildman–Crippen LogP) is 2.83. The summed E-state index contributed by atoms with van der Waals surface area (Å²) in [7, 11) is 2.25. The quantitative estimate of drug-likeness (QED) is 0.405. The molecule has 4 N–H and O–H groups in total. The molecule has 0 aromatic rings. The number of hydrogen-bond acceptors (Lipinski definition) is 4. The van der Waals surface area contributed by atoms with Gasteiger partial charge in [0, 0.05) is 18.6 Å². The zero-order chi connectivity index (χ0) is 17.7. The third-order valence-electron chi connectivity index (χ3n) is 4.44. The Bertz CT molecular complexity index is 266. The molecular formula is C19H44N4. The molecule has 0 saturated carbocycles. The van der Waals surface area contributed by atoms with Gasteiger partial charge in [-0.05, 0) is 64.8 Å². The average Bonchev–Trinajstić information content (AvgIpc) is 2.49. The number of unbranched alkanes of at least 4 members (excludes halogenated alkanes) is 3. The number of nitrogens with one attached hydrogen (secondary N) is 2. The van der Waals surface area contributed by atoms with Crippen LogP contribution in [0.4, 0.5) is 0 Å². The molecule has 4 nitrogen and oxygen atoms in total. The van der Waals surface area contributed by atoms with Gasteiger partial charge in [-0.3, -0.25) is 0 Å². The van der Waals surface area contributed by atoms with Crippen molar-refractivity contribution < 1.29 is 0 Å². The maximum atomic E-state index is 5.78. The Labute approximate surface area is 146 Å². The van der Waals surface area contributed by atoms with Gasteiger partial charge in [-0.2, -0.15) is 0 Å². The zero-order valence-electron chi connectivity index (χ0n) is 16.8. The maximum absolute atomic E-state index is 5.78. The molecule has 0 aromatic heterocycles. The minimum atomic E-state index is 0.199. The van der Waals surface area contributed by atoms with Gasteiger partial charge in [0.2, 0.25) is 0 Å². The van der Waals surface area contributed by atoms with Crippen LogP contribution in [0.5, 0.6) is 0 Å². The summed E-state index contributed by atoms with van der Waals surface area (Å²) >= 11 is 0. The van der Waals surface area contributed by atoms with E-state index in [-0.39, 0.29) is 5.41 Å². The van der Waals surface area contributed by atoms with E-state index in [1.807, 2.05) is 0 Å². The van der Waals surface area contributed by atoms with Crippen molar-refractivity contribution in [1.82, 2.24) is 15.5 Å². The van der Waals surface area contributed by atoms with Crippen LogP contribution in [0.3, 0.4) is 0 Å². The van der Waals surface area contributed by atoms with Crippen molar-refractivity contribution in [1.29, 1.82) is 0 Å². The lowest BCUT2D eigenvalue weighted by Gasteiger charge is -2.26. The Morgan fingerprint density at radius 2 is 1.61 bits per heavy atom. The standard InChI is InChI=1S/C19H44N4/c1-17(2)21-12-9-7-8-10-13-23(6)14-11-18(3)22-16-19(4,5)15-20/h17-18,21-22H,7-16,20H2,1-6H3. The van der Waals surface area contributed by atoms with Gasteiger partial charge in [0.15, 0.2) is 0 Å². The highest BCUT2D eigenvalue weighted by molar-refractivity contribution is 4.74. The van der Waals surface area contributed by atoms with E-state index in [4.69, 9.17) is 5.73 Å². The molecule has 0 heterocycles. The van der Waals surface area contributed by atoms with E-state index in [1.54, 1.807) is 0 Å². The highest BCUT2D eigenvalue weighted by Crippen LogP contribution is 2.11. The molecule has 0 aliphatic heterocycles. The number of nitrogens with two attached hydrogens (primary N) is 1. The summed E-state index contributed by atoms with van der Waals surface area (Å²) in [5, 5.41) is 7.09. The molecule has 0 aromatic carbocycles. The summed E-state index contributed by atoms with van der Waals surface area (Å²) in [6.07, 6.45) is 6.53. The van der Waals surface area contributed by atoms with Crippen molar-refractivity contribution in [3.8, 4) is 0 Å². The van der Waals surface area contributed by atoms with Gasteiger partial charge in [0.25, 0.3) is 0 Å². The molecule has 1 unspecified atom stereocenters. The normalized spacial score (nSPS) is 14.0. The molecule has 4 heteroatoms. The van der Waals surface area contributed by atoms with Crippen LogP contribution in [0.2, 0.25) is 0 Å². The van der Waals surface area contributed by atoms with Crippen LogP contribution in [0.25, 0.3) is 0 Å². The molecule has 0 amide bonds. The van der Waals surface area contributed by atoms with Gasteiger partial charge < -0.3 is 21.3 Å². The molecule has 0 saturated heterocycles. The lowest BCUT2D eigenvalue weighted by molar-refractivity contribution is 0.284. The monoisotopic (exact) mass is 328 g/mol. The van der Waals surface area contributed by atoms with Gasteiger partial charge in [0.1, 0.15) is 0 Å². The van der Waals surface area contributed by atoms with Crippen LogP contribution < -0.4 is 16.4 Å². The van der Waals surface area contributed by atoms with Crippen molar-refractivity contribution >= 4 is 0 Å². The Morgan fingerprint density at radius 3 is 2.22 bits per heavy atom. The fraction of sp³-hybridized carbons (Fsp3) is 1.00. The molecule has 0 fully saturated rings. The summed E-state index contributed by atoms with van der Waals surface area (Å²) in [6.45, 7) is 16.4. The Kier molecular flexibility index (Phi) is 13.1.